The Bertz CT molecular complexity index is 465. The topological polar surface area (TPSA) is 29.1 Å². The number of thioether (sulfide) groups is 2. The Hall–Kier alpha value is -1.03. The average Bonchev–Trinajstić information content (AvgIpc) is 2.08. The normalized spacial score (nSPS) is 12.3. The lowest BCUT2D eigenvalue weighted by atomic mass is 10.3. The van der Waals surface area contributed by atoms with Crippen molar-refractivity contribution in [3.8, 4) is 0 Å². The van der Waals surface area contributed by atoms with Gasteiger partial charge in [0.05, 0.1) is 0 Å². The molecule has 1 aromatic rings. The van der Waals surface area contributed by atoms with Gasteiger partial charge in [0.15, 0.2) is 0 Å². The lowest BCUT2D eigenvalue weighted by Crippen LogP contribution is -2.07. The summed E-state index contributed by atoms with van der Waals surface area (Å²) in [5.74, 6) is -0.595. The third-order valence-corrected chi connectivity index (χ3v) is 3.07. The zero-order valence-electron chi connectivity index (χ0n) is 9.72. The molecule has 0 atom stereocenters. The van der Waals surface area contributed by atoms with E-state index >= 15 is 0 Å². The standard InChI is InChI=1S/C10H7F6NOS2/c1-5(18)17-6-2-7(19-9(11,12)13)4-8(3-6)20-10(14,15)16/h2-4H,1H3,(H,17,18). The molecule has 112 valence electrons. The van der Waals surface area contributed by atoms with Gasteiger partial charge in [-0.3, -0.25) is 4.79 Å². The fraction of sp³-hybridized carbons (Fsp3) is 0.300. The van der Waals surface area contributed by atoms with E-state index in [2.05, 4.69) is 5.32 Å². The van der Waals surface area contributed by atoms with Crippen molar-refractivity contribution < 1.29 is 31.1 Å². The Balaban J connectivity index is 3.10. The van der Waals surface area contributed by atoms with Crippen molar-refractivity contribution in [1.82, 2.24) is 0 Å². The van der Waals surface area contributed by atoms with Crippen LogP contribution in [0.15, 0.2) is 28.0 Å². The first kappa shape index (κ1) is 17.0. The predicted octanol–water partition coefficient (Wildman–Crippen LogP) is 4.87. The molecular formula is C10H7F6NOS2. The van der Waals surface area contributed by atoms with E-state index in [-0.39, 0.29) is 5.69 Å². The molecule has 20 heavy (non-hydrogen) atoms. The van der Waals surface area contributed by atoms with Gasteiger partial charge >= 0.3 is 11.0 Å². The molecule has 1 aromatic carbocycles. The van der Waals surface area contributed by atoms with Crippen LogP contribution in [0, 0.1) is 0 Å². The van der Waals surface area contributed by atoms with Crippen LogP contribution in [0.1, 0.15) is 6.92 Å². The SMILES string of the molecule is CC(=O)Nc1cc(SC(F)(F)F)cc(SC(F)(F)F)c1. The maximum absolute atomic E-state index is 12.3. The zero-order chi connectivity index (χ0) is 15.6. The molecule has 0 aliphatic rings. The molecule has 1 rings (SSSR count). The maximum atomic E-state index is 12.3. The molecule has 0 unspecified atom stereocenters. The van der Waals surface area contributed by atoms with Crippen LogP contribution in [-0.2, 0) is 4.79 Å². The van der Waals surface area contributed by atoms with Crippen molar-refractivity contribution >= 4 is 35.1 Å². The van der Waals surface area contributed by atoms with Crippen LogP contribution in [0.25, 0.3) is 0 Å². The van der Waals surface area contributed by atoms with Crippen molar-refractivity contribution in [3.63, 3.8) is 0 Å². The molecule has 0 aliphatic carbocycles. The number of nitrogens with one attached hydrogen (secondary N) is 1. The van der Waals surface area contributed by atoms with Gasteiger partial charge in [-0.1, -0.05) is 0 Å². The molecule has 0 heterocycles. The van der Waals surface area contributed by atoms with Gasteiger partial charge in [0, 0.05) is 22.4 Å². The Labute approximate surface area is 118 Å². The lowest BCUT2D eigenvalue weighted by molar-refractivity contribution is -0.114. The zero-order valence-corrected chi connectivity index (χ0v) is 11.4. The fourth-order valence-electron chi connectivity index (χ4n) is 1.23. The van der Waals surface area contributed by atoms with E-state index in [1.807, 2.05) is 0 Å². The quantitative estimate of drug-likeness (QED) is 0.631. The Kier molecular flexibility index (Phi) is 5.25. The van der Waals surface area contributed by atoms with Gasteiger partial charge in [0.2, 0.25) is 5.91 Å². The molecule has 1 amide bonds. The van der Waals surface area contributed by atoms with E-state index < -0.39 is 50.2 Å². The van der Waals surface area contributed by atoms with Gasteiger partial charge in [-0.15, -0.1) is 0 Å². The van der Waals surface area contributed by atoms with Gasteiger partial charge in [0.25, 0.3) is 0 Å². The summed E-state index contributed by atoms with van der Waals surface area (Å²) in [4.78, 5) is 9.97. The van der Waals surface area contributed by atoms with Gasteiger partial charge in [0.1, 0.15) is 0 Å². The van der Waals surface area contributed by atoms with Crippen molar-refractivity contribution in [3.05, 3.63) is 18.2 Å². The molecule has 0 fully saturated rings. The largest absolute Gasteiger partial charge is 0.446 e. The number of hydrogen-bond acceptors (Lipinski definition) is 3. The van der Waals surface area contributed by atoms with E-state index in [0.717, 1.165) is 25.1 Å². The summed E-state index contributed by atoms with van der Waals surface area (Å²) < 4.78 is 73.5. The first-order valence-corrected chi connectivity index (χ1v) is 6.52. The number of carbonyl (C=O) groups is 1. The molecule has 0 spiro atoms. The van der Waals surface area contributed by atoms with Crippen molar-refractivity contribution in [1.29, 1.82) is 0 Å². The highest BCUT2D eigenvalue weighted by molar-refractivity contribution is 8.01. The second-order valence-electron chi connectivity index (χ2n) is 3.47. The van der Waals surface area contributed by atoms with E-state index in [9.17, 15) is 31.1 Å². The van der Waals surface area contributed by atoms with E-state index in [1.165, 1.54) is 0 Å². The summed E-state index contributed by atoms with van der Waals surface area (Å²) in [5.41, 5.74) is -9.39. The van der Waals surface area contributed by atoms with Crippen molar-refractivity contribution in [2.45, 2.75) is 27.7 Å². The number of hydrogen-bond donors (Lipinski definition) is 1. The summed E-state index contributed by atoms with van der Waals surface area (Å²) in [6, 6.07) is 2.68. The number of carbonyl (C=O) groups excluding carboxylic acids is 1. The monoisotopic (exact) mass is 335 g/mol. The minimum absolute atomic E-state index is 0.126. The minimum atomic E-state index is -4.63. The lowest BCUT2D eigenvalue weighted by Gasteiger charge is -2.12. The fourth-order valence-corrected chi connectivity index (χ4v) is 2.58. The second-order valence-corrected chi connectivity index (χ2v) is 5.75. The van der Waals surface area contributed by atoms with Crippen LogP contribution >= 0.6 is 23.5 Å². The number of rotatable bonds is 3. The first-order valence-electron chi connectivity index (χ1n) is 4.89. The minimum Gasteiger partial charge on any atom is -0.326 e. The van der Waals surface area contributed by atoms with E-state index in [1.54, 1.807) is 0 Å². The van der Waals surface area contributed by atoms with Crippen LogP contribution in [0.4, 0.5) is 32.0 Å². The molecule has 0 saturated heterocycles. The molecule has 0 radical (unpaired) electrons. The number of benzene rings is 1. The van der Waals surface area contributed by atoms with Crippen LogP contribution < -0.4 is 5.32 Å². The number of alkyl halides is 6. The molecule has 0 saturated carbocycles. The van der Waals surface area contributed by atoms with Gasteiger partial charge in [-0.2, -0.15) is 26.3 Å². The van der Waals surface area contributed by atoms with Crippen molar-refractivity contribution in [2.75, 3.05) is 5.32 Å². The summed E-state index contributed by atoms with van der Waals surface area (Å²) >= 11 is -1.10. The molecule has 2 nitrogen and oxygen atoms in total. The highest BCUT2D eigenvalue weighted by Gasteiger charge is 2.32. The second kappa shape index (κ2) is 6.17. The van der Waals surface area contributed by atoms with Crippen LogP contribution in [0.3, 0.4) is 0 Å². The van der Waals surface area contributed by atoms with Gasteiger partial charge in [-0.25, -0.2) is 0 Å². The Morgan fingerprint density at radius 2 is 1.35 bits per heavy atom. The summed E-state index contributed by atoms with van der Waals surface area (Å²) in [7, 11) is 0. The highest BCUT2D eigenvalue weighted by Crippen LogP contribution is 2.43. The molecule has 0 aromatic heterocycles. The molecule has 10 heteroatoms. The third kappa shape index (κ3) is 6.94. The maximum Gasteiger partial charge on any atom is 0.446 e. The summed E-state index contributed by atoms with van der Waals surface area (Å²) in [5, 5.41) is 2.16. The van der Waals surface area contributed by atoms with Crippen LogP contribution in [-0.4, -0.2) is 16.9 Å². The Morgan fingerprint density at radius 3 is 1.65 bits per heavy atom. The van der Waals surface area contributed by atoms with Crippen LogP contribution in [0.2, 0.25) is 0 Å². The van der Waals surface area contributed by atoms with Crippen LogP contribution in [0.5, 0.6) is 0 Å². The smallest absolute Gasteiger partial charge is 0.326 e. The van der Waals surface area contributed by atoms with E-state index in [4.69, 9.17) is 0 Å². The average molecular weight is 335 g/mol. The molecule has 0 bridgehead atoms. The first-order chi connectivity index (χ1) is 8.94. The molecular weight excluding hydrogens is 328 g/mol. The molecule has 0 aliphatic heterocycles. The summed E-state index contributed by atoms with van der Waals surface area (Å²) in [6.07, 6.45) is 0. The Morgan fingerprint density at radius 1 is 0.950 bits per heavy atom. The molecule has 1 N–H and O–H groups in total. The number of amides is 1. The highest BCUT2D eigenvalue weighted by atomic mass is 32.2. The van der Waals surface area contributed by atoms with Crippen molar-refractivity contribution in [2.24, 2.45) is 0 Å². The van der Waals surface area contributed by atoms with E-state index in [0.29, 0.717) is 0 Å². The predicted molar refractivity (Wildman–Crippen MR) is 64.6 cm³/mol. The van der Waals surface area contributed by atoms with Gasteiger partial charge < -0.3 is 5.32 Å². The number of halogens is 6. The third-order valence-electron chi connectivity index (χ3n) is 1.67. The summed E-state index contributed by atoms with van der Waals surface area (Å²) in [6.45, 7) is 1.10. The van der Waals surface area contributed by atoms with Gasteiger partial charge in [-0.05, 0) is 41.7 Å². The number of anilines is 1.